The molecular weight excluding hydrogens is 198 g/mol. The minimum atomic E-state index is 0.470. The molecule has 0 bridgehead atoms. The van der Waals surface area contributed by atoms with Crippen molar-refractivity contribution in [2.24, 2.45) is 0 Å². The summed E-state index contributed by atoms with van der Waals surface area (Å²) in [6.45, 7) is 5.44. The molecule has 1 unspecified atom stereocenters. The van der Waals surface area contributed by atoms with Crippen LogP contribution in [0.5, 0.6) is 0 Å². The zero-order valence-electron chi connectivity index (χ0n) is 10.9. The first-order chi connectivity index (χ1) is 7.81. The lowest BCUT2D eigenvalue weighted by Gasteiger charge is -2.13. The summed E-state index contributed by atoms with van der Waals surface area (Å²) >= 11 is 0. The molecule has 0 saturated carbocycles. The van der Waals surface area contributed by atoms with E-state index < -0.39 is 0 Å². The molecule has 1 aromatic rings. The van der Waals surface area contributed by atoms with Crippen molar-refractivity contribution in [1.82, 2.24) is 15.1 Å². The molecule has 16 heavy (non-hydrogen) atoms. The van der Waals surface area contributed by atoms with Gasteiger partial charge in [0.1, 0.15) is 0 Å². The van der Waals surface area contributed by atoms with Gasteiger partial charge in [0.15, 0.2) is 0 Å². The quantitative estimate of drug-likeness (QED) is 0.686. The van der Waals surface area contributed by atoms with E-state index in [4.69, 9.17) is 0 Å². The van der Waals surface area contributed by atoms with Crippen LogP contribution in [-0.2, 0) is 6.54 Å². The lowest BCUT2D eigenvalue weighted by Crippen LogP contribution is -2.15. The van der Waals surface area contributed by atoms with E-state index in [0.29, 0.717) is 6.04 Å². The summed E-state index contributed by atoms with van der Waals surface area (Å²) in [7, 11) is 2.04. The van der Waals surface area contributed by atoms with E-state index in [1.165, 1.54) is 31.2 Å². The first kappa shape index (κ1) is 13.2. The lowest BCUT2D eigenvalue weighted by atomic mass is 10.0. The fourth-order valence-electron chi connectivity index (χ4n) is 1.99. The van der Waals surface area contributed by atoms with Gasteiger partial charge in [-0.1, -0.05) is 33.1 Å². The molecule has 0 aromatic carbocycles. The molecule has 0 amide bonds. The zero-order chi connectivity index (χ0) is 11.8. The van der Waals surface area contributed by atoms with Crippen LogP contribution >= 0.6 is 0 Å². The van der Waals surface area contributed by atoms with Gasteiger partial charge < -0.3 is 5.32 Å². The maximum atomic E-state index is 4.38. The van der Waals surface area contributed by atoms with E-state index >= 15 is 0 Å². The highest BCUT2D eigenvalue weighted by molar-refractivity contribution is 5.10. The predicted molar refractivity (Wildman–Crippen MR) is 68.5 cm³/mol. The summed E-state index contributed by atoms with van der Waals surface area (Å²) in [5.41, 5.74) is 1.33. The Labute approximate surface area is 99.2 Å². The van der Waals surface area contributed by atoms with Crippen LogP contribution in [-0.4, -0.2) is 16.8 Å². The summed E-state index contributed by atoms with van der Waals surface area (Å²) in [5.74, 6) is 0. The Morgan fingerprint density at radius 2 is 2.12 bits per heavy atom. The SMILES string of the molecule is CCCCCC(NC)c1cnn(CCC)c1. The van der Waals surface area contributed by atoms with Gasteiger partial charge in [0.2, 0.25) is 0 Å². The number of aryl methyl sites for hydroxylation is 1. The van der Waals surface area contributed by atoms with Crippen LogP contribution < -0.4 is 5.32 Å². The van der Waals surface area contributed by atoms with Gasteiger partial charge in [0.25, 0.3) is 0 Å². The van der Waals surface area contributed by atoms with Crippen LogP contribution in [0.25, 0.3) is 0 Å². The topological polar surface area (TPSA) is 29.9 Å². The highest BCUT2D eigenvalue weighted by Gasteiger charge is 2.10. The van der Waals surface area contributed by atoms with E-state index in [2.05, 4.69) is 30.5 Å². The van der Waals surface area contributed by atoms with Crippen LogP contribution in [0.4, 0.5) is 0 Å². The van der Waals surface area contributed by atoms with Gasteiger partial charge in [-0.05, 0) is 19.9 Å². The van der Waals surface area contributed by atoms with E-state index in [-0.39, 0.29) is 0 Å². The fourth-order valence-corrected chi connectivity index (χ4v) is 1.99. The second-order valence-electron chi connectivity index (χ2n) is 4.37. The average molecular weight is 223 g/mol. The Bertz CT molecular complexity index is 280. The van der Waals surface area contributed by atoms with Crippen LogP contribution in [0.15, 0.2) is 12.4 Å². The second kappa shape index (κ2) is 7.44. The summed E-state index contributed by atoms with van der Waals surface area (Å²) in [5, 5.41) is 7.76. The molecule has 1 aromatic heterocycles. The monoisotopic (exact) mass is 223 g/mol. The maximum absolute atomic E-state index is 4.38. The average Bonchev–Trinajstić information content (AvgIpc) is 2.74. The third-order valence-corrected chi connectivity index (χ3v) is 2.95. The molecule has 0 aliphatic heterocycles. The molecule has 0 aliphatic rings. The molecule has 1 rings (SSSR count). The Morgan fingerprint density at radius 1 is 1.31 bits per heavy atom. The van der Waals surface area contributed by atoms with E-state index in [1.54, 1.807) is 0 Å². The molecule has 0 saturated heterocycles. The fraction of sp³-hybridized carbons (Fsp3) is 0.769. The molecule has 1 atom stereocenters. The van der Waals surface area contributed by atoms with Crippen molar-refractivity contribution in [1.29, 1.82) is 0 Å². The van der Waals surface area contributed by atoms with Gasteiger partial charge >= 0.3 is 0 Å². The van der Waals surface area contributed by atoms with Crippen molar-refractivity contribution >= 4 is 0 Å². The molecule has 0 radical (unpaired) electrons. The number of rotatable bonds is 8. The molecule has 0 spiro atoms. The Balaban J connectivity index is 2.49. The van der Waals surface area contributed by atoms with Crippen molar-refractivity contribution in [3.05, 3.63) is 18.0 Å². The molecule has 0 fully saturated rings. The number of hydrogen-bond donors (Lipinski definition) is 1. The Hall–Kier alpha value is -0.830. The summed E-state index contributed by atoms with van der Waals surface area (Å²) in [6, 6.07) is 0.470. The van der Waals surface area contributed by atoms with Crippen molar-refractivity contribution in [3.63, 3.8) is 0 Å². The first-order valence-corrected chi connectivity index (χ1v) is 6.51. The van der Waals surface area contributed by atoms with E-state index in [0.717, 1.165) is 13.0 Å². The van der Waals surface area contributed by atoms with Gasteiger partial charge in [-0.25, -0.2) is 0 Å². The number of nitrogens with zero attached hydrogens (tertiary/aromatic N) is 2. The van der Waals surface area contributed by atoms with Crippen molar-refractivity contribution < 1.29 is 0 Å². The molecule has 3 nitrogen and oxygen atoms in total. The van der Waals surface area contributed by atoms with Crippen LogP contribution in [0, 0.1) is 0 Å². The first-order valence-electron chi connectivity index (χ1n) is 6.51. The van der Waals surface area contributed by atoms with Gasteiger partial charge in [-0.3, -0.25) is 4.68 Å². The van der Waals surface area contributed by atoms with Crippen molar-refractivity contribution in [3.8, 4) is 0 Å². The van der Waals surface area contributed by atoms with Gasteiger partial charge in [-0.2, -0.15) is 5.10 Å². The highest BCUT2D eigenvalue weighted by Crippen LogP contribution is 2.18. The second-order valence-corrected chi connectivity index (χ2v) is 4.37. The number of nitrogens with one attached hydrogen (secondary N) is 1. The number of unbranched alkanes of at least 4 members (excludes halogenated alkanes) is 2. The predicted octanol–water partition coefficient (Wildman–Crippen LogP) is 3.13. The minimum absolute atomic E-state index is 0.470. The molecular formula is C13H25N3. The van der Waals surface area contributed by atoms with Crippen molar-refractivity contribution in [2.45, 2.75) is 58.5 Å². The molecule has 3 heteroatoms. The zero-order valence-corrected chi connectivity index (χ0v) is 10.9. The Morgan fingerprint density at radius 3 is 2.75 bits per heavy atom. The standard InChI is InChI=1S/C13H25N3/c1-4-6-7-8-13(14-3)12-10-15-16(11-12)9-5-2/h10-11,13-14H,4-9H2,1-3H3. The summed E-state index contributed by atoms with van der Waals surface area (Å²) in [6.07, 6.45) is 10.4. The molecule has 92 valence electrons. The smallest absolute Gasteiger partial charge is 0.0537 e. The van der Waals surface area contributed by atoms with Gasteiger partial charge in [0.05, 0.1) is 6.20 Å². The number of aromatic nitrogens is 2. The largest absolute Gasteiger partial charge is 0.313 e. The van der Waals surface area contributed by atoms with E-state index in [1.807, 2.05) is 17.9 Å². The highest BCUT2D eigenvalue weighted by atomic mass is 15.3. The summed E-state index contributed by atoms with van der Waals surface area (Å²) in [4.78, 5) is 0. The number of hydrogen-bond acceptors (Lipinski definition) is 2. The van der Waals surface area contributed by atoms with Crippen molar-refractivity contribution in [2.75, 3.05) is 7.05 Å². The minimum Gasteiger partial charge on any atom is -0.313 e. The van der Waals surface area contributed by atoms with Crippen LogP contribution in [0.1, 0.15) is 57.6 Å². The van der Waals surface area contributed by atoms with E-state index in [9.17, 15) is 0 Å². The normalized spacial score (nSPS) is 12.9. The van der Waals surface area contributed by atoms with Crippen LogP contribution in [0.2, 0.25) is 0 Å². The molecule has 1 heterocycles. The third-order valence-electron chi connectivity index (χ3n) is 2.95. The third kappa shape index (κ3) is 3.97. The van der Waals surface area contributed by atoms with Gasteiger partial charge in [-0.15, -0.1) is 0 Å². The van der Waals surface area contributed by atoms with Gasteiger partial charge in [0, 0.05) is 24.3 Å². The molecule has 1 N–H and O–H groups in total. The molecule has 0 aliphatic carbocycles. The maximum Gasteiger partial charge on any atom is 0.0537 e. The Kier molecular flexibility index (Phi) is 6.16. The van der Waals surface area contributed by atoms with Crippen LogP contribution in [0.3, 0.4) is 0 Å². The summed E-state index contributed by atoms with van der Waals surface area (Å²) < 4.78 is 2.04. The lowest BCUT2D eigenvalue weighted by molar-refractivity contribution is 0.510.